The Bertz CT molecular complexity index is 1450. The molecule has 0 saturated carbocycles. The highest BCUT2D eigenvalue weighted by molar-refractivity contribution is 6.31. The largest absolute Gasteiger partial charge is 0.507 e. The van der Waals surface area contributed by atoms with Crippen molar-refractivity contribution in [3.63, 3.8) is 0 Å². The Morgan fingerprint density at radius 2 is 1.54 bits per heavy atom. The lowest BCUT2D eigenvalue weighted by molar-refractivity contribution is -0.321. The molecule has 5 rings (SSSR count). The topological polar surface area (TPSA) is 199 Å². The first kappa shape index (κ1) is 29.1. The third-order valence-corrected chi connectivity index (χ3v) is 8.02. The highest BCUT2D eigenvalue weighted by Gasteiger charge is 2.56. The van der Waals surface area contributed by atoms with E-state index < -0.39 is 82.9 Å². The fourth-order valence-electron chi connectivity index (χ4n) is 5.82. The van der Waals surface area contributed by atoms with Gasteiger partial charge in [0.15, 0.2) is 23.5 Å². The number of ketones is 3. The number of fused-ring (bicyclic) bond motifs is 3. The first-order valence-corrected chi connectivity index (χ1v) is 12.7. The van der Waals surface area contributed by atoms with Crippen molar-refractivity contribution in [3.8, 4) is 17.2 Å². The summed E-state index contributed by atoms with van der Waals surface area (Å²) < 4.78 is 27.7. The standard InChI is InChI=1S/C28H30O13/c1-9-18(30)22(34)24(38-4)27(40-9)41-23-17-13(25(35)28(2,36)26(23)39-5)8-12-16(21(17)33)20(32)15-11(19(12)31)6-10(37-3)7-14(15)29/h6-9,18,22-24,26-27,29-30,33-34,36H,1-5H3. The lowest BCUT2D eigenvalue weighted by Gasteiger charge is -2.46. The molecule has 1 saturated heterocycles. The van der Waals surface area contributed by atoms with Crippen LogP contribution in [0.3, 0.4) is 0 Å². The van der Waals surface area contributed by atoms with E-state index in [2.05, 4.69) is 0 Å². The van der Waals surface area contributed by atoms with E-state index in [0.29, 0.717) is 0 Å². The number of phenolic OH excluding ortho intramolecular Hbond substituents is 2. The average Bonchev–Trinajstić information content (AvgIpc) is 2.92. The van der Waals surface area contributed by atoms with E-state index in [-0.39, 0.29) is 33.6 Å². The third kappa shape index (κ3) is 4.15. The Kier molecular flexibility index (Phi) is 7.19. The molecule has 0 bridgehead atoms. The van der Waals surface area contributed by atoms with Gasteiger partial charge < -0.3 is 49.2 Å². The molecular formula is C28H30O13. The number of ether oxygens (including phenoxy) is 5. The van der Waals surface area contributed by atoms with Crippen LogP contribution in [-0.4, -0.2) is 107 Å². The summed E-state index contributed by atoms with van der Waals surface area (Å²) in [4.78, 5) is 40.7. The number of methoxy groups -OCH3 is 3. The molecule has 2 aromatic carbocycles. The van der Waals surface area contributed by atoms with E-state index in [4.69, 9.17) is 23.7 Å². The summed E-state index contributed by atoms with van der Waals surface area (Å²) in [6, 6.07) is 3.48. The Labute approximate surface area is 233 Å². The van der Waals surface area contributed by atoms with Gasteiger partial charge in [-0.2, -0.15) is 0 Å². The summed E-state index contributed by atoms with van der Waals surface area (Å²) in [6.45, 7) is 2.65. The zero-order chi connectivity index (χ0) is 30.1. The second-order valence-corrected chi connectivity index (χ2v) is 10.4. The van der Waals surface area contributed by atoms with Gasteiger partial charge in [0.05, 0.1) is 24.3 Å². The van der Waals surface area contributed by atoms with Crippen molar-refractivity contribution >= 4 is 17.3 Å². The fourth-order valence-corrected chi connectivity index (χ4v) is 5.82. The molecule has 2 aliphatic carbocycles. The number of Topliss-reactive ketones (excluding diaryl/α,β-unsaturated/α-hetero) is 1. The van der Waals surface area contributed by atoms with Crippen LogP contribution in [0.15, 0.2) is 18.2 Å². The van der Waals surface area contributed by atoms with Gasteiger partial charge in [-0.25, -0.2) is 0 Å². The first-order valence-electron chi connectivity index (χ1n) is 12.7. The maximum atomic E-state index is 13.6. The minimum absolute atomic E-state index is 0.102. The third-order valence-electron chi connectivity index (χ3n) is 8.02. The number of aromatic hydroxyl groups is 2. The predicted molar refractivity (Wildman–Crippen MR) is 136 cm³/mol. The van der Waals surface area contributed by atoms with Crippen LogP contribution in [0.4, 0.5) is 0 Å². The smallest absolute Gasteiger partial charge is 0.201 e. The number of hydrogen-bond acceptors (Lipinski definition) is 13. The van der Waals surface area contributed by atoms with Crippen LogP contribution in [0, 0.1) is 0 Å². The van der Waals surface area contributed by atoms with Crippen LogP contribution in [0.2, 0.25) is 0 Å². The highest BCUT2D eigenvalue weighted by atomic mass is 16.7. The molecule has 8 unspecified atom stereocenters. The molecule has 1 fully saturated rings. The molecule has 1 heterocycles. The van der Waals surface area contributed by atoms with E-state index in [1.165, 1.54) is 41.2 Å². The molecule has 0 amide bonds. The molecule has 13 heteroatoms. The number of phenols is 2. The van der Waals surface area contributed by atoms with Crippen LogP contribution >= 0.6 is 0 Å². The number of carbonyl (C=O) groups is 3. The minimum Gasteiger partial charge on any atom is -0.507 e. The highest BCUT2D eigenvalue weighted by Crippen LogP contribution is 2.49. The van der Waals surface area contributed by atoms with Crippen molar-refractivity contribution in [1.29, 1.82) is 0 Å². The maximum Gasteiger partial charge on any atom is 0.201 e. The Morgan fingerprint density at radius 1 is 0.878 bits per heavy atom. The minimum atomic E-state index is -2.25. The summed E-state index contributed by atoms with van der Waals surface area (Å²) in [6.07, 6.45) is -9.35. The molecule has 8 atom stereocenters. The second kappa shape index (κ2) is 10.1. The van der Waals surface area contributed by atoms with Gasteiger partial charge in [0, 0.05) is 42.5 Å². The zero-order valence-corrected chi connectivity index (χ0v) is 22.8. The van der Waals surface area contributed by atoms with Gasteiger partial charge in [-0.1, -0.05) is 0 Å². The van der Waals surface area contributed by atoms with Gasteiger partial charge in [0.25, 0.3) is 0 Å². The van der Waals surface area contributed by atoms with Gasteiger partial charge in [-0.05, 0) is 26.0 Å². The number of aliphatic hydroxyl groups is 3. The van der Waals surface area contributed by atoms with Crippen molar-refractivity contribution in [3.05, 3.63) is 51.6 Å². The predicted octanol–water partition coefficient (Wildman–Crippen LogP) is 0.383. The molecule has 5 N–H and O–H groups in total. The molecule has 0 radical (unpaired) electrons. The van der Waals surface area contributed by atoms with Gasteiger partial charge in [-0.15, -0.1) is 0 Å². The zero-order valence-electron chi connectivity index (χ0n) is 22.8. The van der Waals surface area contributed by atoms with Crippen molar-refractivity contribution < 1.29 is 63.6 Å². The number of benzene rings is 2. The van der Waals surface area contributed by atoms with Crippen LogP contribution in [-0.2, 0) is 18.9 Å². The van der Waals surface area contributed by atoms with Crippen molar-refractivity contribution in [2.45, 2.75) is 62.4 Å². The first-order chi connectivity index (χ1) is 19.3. The average molecular weight is 575 g/mol. The van der Waals surface area contributed by atoms with Gasteiger partial charge in [-0.3, -0.25) is 14.4 Å². The van der Waals surface area contributed by atoms with E-state index >= 15 is 0 Å². The summed E-state index contributed by atoms with van der Waals surface area (Å²) in [5, 5.41) is 54.2. The number of hydrogen-bond donors (Lipinski definition) is 5. The SMILES string of the molecule is COc1cc(O)c2c(c1)C(=O)c1cc3c(c(O)c1C2=O)C(OC1OC(C)C(O)C(O)C1OC)C(OC)C(C)(O)C3=O. The van der Waals surface area contributed by atoms with Gasteiger partial charge in [0.2, 0.25) is 5.78 Å². The number of rotatable bonds is 5. The van der Waals surface area contributed by atoms with Crippen molar-refractivity contribution in [2.75, 3.05) is 21.3 Å². The molecule has 0 spiro atoms. The monoisotopic (exact) mass is 574 g/mol. The second-order valence-electron chi connectivity index (χ2n) is 10.4. The quantitative estimate of drug-likeness (QED) is 0.281. The number of aliphatic hydroxyl groups excluding tert-OH is 2. The summed E-state index contributed by atoms with van der Waals surface area (Å²) >= 11 is 0. The molecule has 1 aliphatic heterocycles. The normalized spacial score (nSPS) is 32.8. The number of carbonyl (C=O) groups excluding carboxylic acids is 3. The van der Waals surface area contributed by atoms with Crippen LogP contribution < -0.4 is 4.74 Å². The van der Waals surface area contributed by atoms with E-state index in [1.54, 1.807) is 0 Å². The summed E-state index contributed by atoms with van der Waals surface area (Å²) in [7, 11) is 3.75. The molecule has 13 nitrogen and oxygen atoms in total. The van der Waals surface area contributed by atoms with Crippen LogP contribution in [0.25, 0.3) is 0 Å². The molecule has 41 heavy (non-hydrogen) atoms. The molecule has 0 aromatic heterocycles. The fraction of sp³-hybridized carbons (Fsp3) is 0.464. The Hall–Kier alpha value is -3.43. The lowest BCUT2D eigenvalue weighted by atomic mass is 9.72. The lowest BCUT2D eigenvalue weighted by Crippen LogP contribution is -2.60. The van der Waals surface area contributed by atoms with Crippen molar-refractivity contribution in [2.24, 2.45) is 0 Å². The maximum absolute atomic E-state index is 13.6. The van der Waals surface area contributed by atoms with E-state index in [1.807, 2.05) is 0 Å². The van der Waals surface area contributed by atoms with E-state index in [9.17, 15) is 39.9 Å². The summed E-state index contributed by atoms with van der Waals surface area (Å²) in [5.74, 6) is -3.85. The van der Waals surface area contributed by atoms with Crippen LogP contribution in [0.1, 0.15) is 67.7 Å². The van der Waals surface area contributed by atoms with Gasteiger partial charge in [0.1, 0.15) is 47.8 Å². The van der Waals surface area contributed by atoms with Crippen molar-refractivity contribution in [1.82, 2.24) is 0 Å². The van der Waals surface area contributed by atoms with Gasteiger partial charge >= 0.3 is 0 Å². The molecular weight excluding hydrogens is 544 g/mol. The molecule has 3 aliphatic rings. The Balaban J connectivity index is 1.71. The Morgan fingerprint density at radius 3 is 2.15 bits per heavy atom. The molecule has 220 valence electrons. The summed E-state index contributed by atoms with van der Waals surface area (Å²) in [5.41, 5.74) is -4.24. The molecule has 2 aromatic rings. The van der Waals surface area contributed by atoms with Crippen LogP contribution in [0.5, 0.6) is 17.2 Å². The van der Waals surface area contributed by atoms with E-state index in [0.717, 1.165) is 12.1 Å².